The number of carbonyl (C=O) groups is 1. The summed E-state index contributed by atoms with van der Waals surface area (Å²) in [7, 11) is 2.17. The molecule has 20 heavy (non-hydrogen) atoms. The lowest BCUT2D eigenvalue weighted by molar-refractivity contribution is -0.144. The zero-order chi connectivity index (χ0) is 14.6. The Morgan fingerprint density at radius 3 is 2.85 bits per heavy atom. The number of hydrogen-bond acceptors (Lipinski definition) is 4. The summed E-state index contributed by atoms with van der Waals surface area (Å²) >= 11 is 0. The van der Waals surface area contributed by atoms with Gasteiger partial charge in [-0.05, 0) is 58.8 Å². The Morgan fingerprint density at radius 1 is 1.35 bits per heavy atom. The first-order chi connectivity index (χ1) is 9.57. The van der Waals surface area contributed by atoms with Crippen LogP contribution in [-0.4, -0.2) is 72.2 Å². The third-order valence-corrected chi connectivity index (χ3v) is 4.88. The maximum absolute atomic E-state index is 11.7. The van der Waals surface area contributed by atoms with Crippen LogP contribution < -0.4 is 5.32 Å². The minimum absolute atomic E-state index is 0.432. The summed E-state index contributed by atoms with van der Waals surface area (Å²) in [5, 5.41) is 12.9. The summed E-state index contributed by atoms with van der Waals surface area (Å²) in [6.45, 7) is 7.31. The number of nitrogens with one attached hydrogen (secondary N) is 1. The van der Waals surface area contributed by atoms with Crippen LogP contribution in [0.1, 0.15) is 39.0 Å². The van der Waals surface area contributed by atoms with Crippen LogP contribution in [0.5, 0.6) is 0 Å². The number of rotatable bonds is 5. The van der Waals surface area contributed by atoms with E-state index in [1.807, 2.05) is 0 Å². The predicted octanol–water partition coefficient (Wildman–Crippen LogP) is 0.999. The average molecular weight is 283 g/mol. The van der Waals surface area contributed by atoms with Gasteiger partial charge in [-0.2, -0.15) is 0 Å². The summed E-state index contributed by atoms with van der Waals surface area (Å²) in [5.74, 6) is -0.666. The molecule has 5 heteroatoms. The molecule has 1 saturated heterocycles. The van der Waals surface area contributed by atoms with Gasteiger partial charge in [-0.15, -0.1) is 0 Å². The Kier molecular flexibility index (Phi) is 5.41. The SMILES string of the molecule is CCCNC1(C(=O)O)CCC(N2CCCN(C)CC2)C1. The molecule has 0 bridgehead atoms. The van der Waals surface area contributed by atoms with Crippen molar-refractivity contribution in [3.05, 3.63) is 0 Å². The fourth-order valence-corrected chi connectivity index (χ4v) is 3.56. The van der Waals surface area contributed by atoms with Crippen LogP contribution in [0.2, 0.25) is 0 Å². The Balaban J connectivity index is 1.96. The second-order valence-corrected chi connectivity index (χ2v) is 6.40. The molecular formula is C15H29N3O2. The molecule has 1 aliphatic carbocycles. The molecule has 0 radical (unpaired) electrons. The van der Waals surface area contributed by atoms with E-state index in [4.69, 9.17) is 0 Å². The first-order valence-corrected chi connectivity index (χ1v) is 7.98. The third kappa shape index (κ3) is 3.51. The topological polar surface area (TPSA) is 55.8 Å². The van der Waals surface area contributed by atoms with Gasteiger partial charge in [0, 0.05) is 19.1 Å². The van der Waals surface area contributed by atoms with E-state index in [1.54, 1.807) is 0 Å². The second kappa shape index (κ2) is 6.87. The minimum atomic E-state index is -0.682. The predicted molar refractivity (Wildman–Crippen MR) is 80.0 cm³/mol. The highest BCUT2D eigenvalue weighted by Crippen LogP contribution is 2.34. The van der Waals surface area contributed by atoms with E-state index >= 15 is 0 Å². The minimum Gasteiger partial charge on any atom is -0.480 e. The highest BCUT2D eigenvalue weighted by molar-refractivity contribution is 5.79. The van der Waals surface area contributed by atoms with E-state index < -0.39 is 11.5 Å². The molecule has 0 aromatic rings. The molecule has 2 atom stereocenters. The first kappa shape index (κ1) is 15.7. The van der Waals surface area contributed by atoms with Crippen molar-refractivity contribution >= 4 is 5.97 Å². The van der Waals surface area contributed by atoms with Gasteiger partial charge in [-0.25, -0.2) is 0 Å². The molecule has 2 aliphatic rings. The molecule has 0 spiro atoms. The van der Waals surface area contributed by atoms with Gasteiger partial charge < -0.3 is 15.3 Å². The van der Waals surface area contributed by atoms with Crippen molar-refractivity contribution in [2.45, 2.75) is 50.6 Å². The van der Waals surface area contributed by atoms with E-state index in [9.17, 15) is 9.90 Å². The van der Waals surface area contributed by atoms with E-state index in [-0.39, 0.29) is 0 Å². The number of aliphatic carboxylic acids is 1. The second-order valence-electron chi connectivity index (χ2n) is 6.40. The Hall–Kier alpha value is -0.650. The summed E-state index contributed by atoms with van der Waals surface area (Å²) in [5.41, 5.74) is -0.682. The third-order valence-electron chi connectivity index (χ3n) is 4.88. The summed E-state index contributed by atoms with van der Waals surface area (Å²) in [6, 6.07) is 0.432. The molecular weight excluding hydrogens is 254 g/mol. The van der Waals surface area contributed by atoms with Crippen molar-refractivity contribution in [1.82, 2.24) is 15.1 Å². The Bertz CT molecular complexity index is 337. The van der Waals surface area contributed by atoms with Gasteiger partial charge in [0.25, 0.3) is 0 Å². The zero-order valence-corrected chi connectivity index (χ0v) is 12.9. The van der Waals surface area contributed by atoms with E-state index in [0.29, 0.717) is 6.04 Å². The van der Waals surface area contributed by atoms with Gasteiger partial charge >= 0.3 is 5.97 Å². The van der Waals surface area contributed by atoms with Crippen LogP contribution in [0.15, 0.2) is 0 Å². The molecule has 0 aromatic carbocycles. The van der Waals surface area contributed by atoms with E-state index in [1.165, 1.54) is 6.42 Å². The normalized spacial score (nSPS) is 33.2. The van der Waals surface area contributed by atoms with Crippen LogP contribution in [0.4, 0.5) is 0 Å². The number of nitrogens with zero attached hydrogens (tertiary/aromatic N) is 2. The van der Waals surface area contributed by atoms with Gasteiger partial charge in [0.05, 0.1) is 0 Å². The molecule has 1 aliphatic heterocycles. The van der Waals surface area contributed by atoms with Crippen molar-refractivity contribution in [1.29, 1.82) is 0 Å². The summed E-state index contributed by atoms with van der Waals surface area (Å²) in [6.07, 6.45) is 4.70. The molecule has 2 fully saturated rings. The van der Waals surface area contributed by atoms with Gasteiger partial charge in [-0.1, -0.05) is 6.92 Å². The van der Waals surface area contributed by atoms with Crippen molar-refractivity contribution < 1.29 is 9.90 Å². The van der Waals surface area contributed by atoms with Crippen LogP contribution in [0.25, 0.3) is 0 Å². The maximum atomic E-state index is 11.7. The lowest BCUT2D eigenvalue weighted by Gasteiger charge is -2.30. The monoisotopic (exact) mass is 283 g/mol. The highest BCUT2D eigenvalue weighted by Gasteiger charge is 2.46. The van der Waals surface area contributed by atoms with E-state index in [0.717, 1.165) is 58.4 Å². The largest absolute Gasteiger partial charge is 0.480 e. The fourth-order valence-electron chi connectivity index (χ4n) is 3.56. The highest BCUT2D eigenvalue weighted by atomic mass is 16.4. The lowest BCUT2D eigenvalue weighted by atomic mass is 9.97. The fraction of sp³-hybridized carbons (Fsp3) is 0.933. The Labute approximate surface area is 122 Å². The quantitative estimate of drug-likeness (QED) is 0.788. The zero-order valence-electron chi connectivity index (χ0n) is 12.9. The lowest BCUT2D eigenvalue weighted by Crippen LogP contribution is -2.51. The summed E-state index contributed by atoms with van der Waals surface area (Å²) < 4.78 is 0. The summed E-state index contributed by atoms with van der Waals surface area (Å²) in [4.78, 5) is 16.6. The van der Waals surface area contributed by atoms with Crippen LogP contribution >= 0.6 is 0 Å². The van der Waals surface area contributed by atoms with Gasteiger partial charge in [-0.3, -0.25) is 9.69 Å². The first-order valence-electron chi connectivity index (χ1n) is 7.98. The molecule has 0 aromatic heterocycles. The number of carboxylic acids is 1. The van der Waals surface area contributed by atoms with Crippen molar-refractivity contribution in [3.8, 4) is 0 Å². The van der Waals surface area contributed by atoms with Gasteiger partial charge in [0.1, 0.15) is 5.54 Å². The standard InChI is InChI=1S/C15H29N3O2/c1-3-7-16-15(14(19)20)6-5-13(12-15)18-9-4-8-17(2)10-11-18/h13,16H,3-12H2,1-2H3,(H,19,20). The van der Waals surface area contributed by atoms with Crippen LogP contribution in [0.3, 0.4) is 0 Å². The number of likely N-dealkylation sites (N-methyl/N-ethyl adjacent to an activating group) is 1. The molecule has 1 heterocycles. The number of carboxylic acid groups (broad SMARTS) is 1. The van der Waals surface area contributed by atoms with Crippen molar-refractivity contribution in [3.63, 3.8) is 0 Å². The molecule has 2 rings (SSSR count). The molecule has 2 N–H and O–H groups in total. The molecule has 5 nitrogen and oxygen atoms in total. The maximum Gasteiger partial charge on any atom is 0.323 e. The smallest absolute Gasteiger partial charge is 0.323 e. The van der Waals surface area contributed by atoms with Gasteiger partial charge in [0.2, 0.25) is 0 Å². The molecule has 1 saturated carbocycles. The molecule has 2 unspecified atom stereocenters. The Morgan fingerprint density at radius 2 is 2.15 bits per heavy atom. The number of hydrogen-bond donors (Lipinski definition) is 2. The van der Waals surface area contributed by atoms with Crippen LogP contribution in [-0.2, 0) is 4.79 Å². The van der Waals surface area contributed by atoms with Crippen molar-refractivity contribution in [2.75, 3.05) is 39.8 Å². The van der Waals surface area contributed by atoms with Crippen molar-refractivity contribution in [2.24, 2.45) is 0 Å². The van der Waals surface area contributed by atoms with E-state index in [2.05, 4.69) is 29.1 Å². The van der Waals surface area contributed by atoms with Gasteiger partial charge in [0.15, 0.2) is 0 Å². The average Bonchev–Trinajstić information content (AvgIpc) is 2.75. The van der Waals surface area contributed by atoms with Crippen LogP contribution in [0, 0.1) is 0 Å². The molecule has 0 amide bonds. The molecule has 116 valence electrons.